The Morgan fingerprint density at radius 1 is 1.29 bits per heavy atom. The number of hydrogen-bond acceptors (Lipinski definition) is 6. The molecule has 5 nitrogen and oxygen atoms in total. The molecular formula is C15H24N2O3S. The van der Waals surface area contributed by atoms with Gasteiger partial charge in [0.15, 0.2) is 5.75 Å². The van der Waals surface area contributed by atoms with Gasteiger partial charge in [-0.15, -0.1) is 11.3 Å². The summed E-state index contributed by atoms with van der Waals surface area (Å²) in [5, 5.41) is 4.34. The van der Waals surface area contributed by atoms with Crippen molar-refractivity contribution in [3.05, 3.63) is 4.88 Å². The molecule has 1 aromatic heterocycles. The average molecular weight is 312 g/mol. The Balaban J connectivity index is 2.17. The Bertz CT molecular complexity index is 501. The second-order valence-corrected chi connectivity index (χ2v) is 6.67. The van der Waals surface area contributed by atoms with Gasteiger partial charge in [-0.25, -0.2) is 4.79 Å². The zero-order chi connectivity index (χ0) is 15.4. The van der Waals surface area contributed by atoms with Crippen LogP contribution in [0.15, 0.2) is 0 Å². The Morgan fingerprint density at radius 2 is 2.05 bits per heavy atom. The number of carbonyl (C=O) groups excluding carboxylic acids is 1. The number of nitrogens with two attached hydrogens (primary N) is 1. The second-order valence-electron chi connectivity index (χ2n) is 5.65. The summed E-state index contributed by atoms with van der Waals surface area (Å²) in [6.07, 6.45) is 6.01. The summed E-state index contributed by atoms with van der Waals surface area (Å²) in [5.41, 5.74) is 6.35. The van der Waals surface area contributed by atoms with Crippen LogP contribution in [0.3, 0.4) is 0 Å². The highest BCUT2D eigenvalue weighted by Crippen LogP contribution is 2.43. The molecular weight excluding hydrogens is 288 g/mol. The maximum absolute atomic E-state index is 11.7. The van der Waals surface area contributed by atoms with Crippen molar-refractivity contribution < 1.29 is 14.3 Å². The molecule has 1 heterocycles. The van der Waals surface area contributed by atoms with E-state index >= 15 is 0 Å². The van der Waals surface area contributed by atoms with Crippen LogP contribution in [0.5, 0.6) is 5.75 Å². The third kappa shape index (κ3) is 3.61. The summed E-state index contributed by atoms with van der Waals surface area (Å²) in [5.74, 6) is 0.925. The maximum Gasteiger partial charge on any atom is 0.350 e. The molecule has 2 atom stereocenters. The molecule has 1 aliphatic rings. The molecule has 6 heteroatoms. The van der Waals surface area contributed by atoms with Gasteiger partial charge in [-0.05, 0) is 25.2 Å². The number of nitrogens with one attached hydrogen (secondary N) is 1. The van der Waals surface area contributed by atoms with Crippen molar-refractivity contribution >= 4 is 28.0 Å². The molecule has 1 fully saturated rings. The van der Waals surface area contributed by atoms with E-state index in [1.807, 2.05) is 0 Å². The summed E-state index contributed by atoms with van der Waals surface area (Å²) in [4.78, 5) is 12.1. The van der Waals surface area contributed by atoms with Crippen molar-refractivity contribution in [3.8, 4) is 5.75 Å². The maximum atomic E-state index is 11.7. The third-order valence-electron chi connectivity index (χ3n) is 4.07. The number of ether oxygens (including phenoxy) is 2. The van der Waals surface area contributed by atoms with Crippen molar-refractivity contribution in [2.75, 3.05) is 25.3 Å². The van der Waals surface area contributed by atoms with Crippen molar-refractivity contribution in [3.63, 3.8) is 0 Å². The third-order valence-corrected chi connectivity index (χ3v) is 5.17. The normalized spacial score (nSPS) is 22.4. The molecule has 0 bridgehead atoms. The summed E-state index contributed by atoms with van der Waals surface area (Å²) in [6.45, 7) is 2.31. The van der Waals surface area contributed by atoms with Crippen LogP contribution < -0.4 is 15.8 Å². The average Bonchev–Trinajstić information content (AvgIpc) is 2.64. The molecule has 21 heavy (non-hydrogen) atoms. The fourth-order valence-corrected chi connectivity index (χ4v) is 3.87. The number of thiophene rings is 1. The molecule has 0 aromatic carbocycles. The van der Waals surface area contributed by atoms with E-state index in [0.29, 0.717) is 22.4 Å². The first kappa shape index (κ1) is 15.9. The molecule has 0 radical (unpaired) electrons. The van der Waals surface area contributed by atoms with Crippen LogP contribution in [0.2, 0.25) is 0 Å². The fourth-order valence-electron chi connectivity index (χ4n) is 2.79. The predicted molar refractivity (Wildman–Crippen MR) is 86.3 cm³/mol. The van der Waals surface area contributed by atoms with Gasteiger partial charge in [0, 0.05) is 6.04 Å². The molecule has 1 saturated carbocycles. The van der Waals surface area contributed by atoms with E-state index in [2.05, 4.69) is 12.2 Å². The lowest BCUT2D eigenvalue weighted by Crippen LogP contribution is -2.18. The molecule has 0 amide bonds. The second kappa shape index (κ2) is 7.02. The standard InChI is InChI=1S/C15H24N2O3S/c1-9-5-4-6-10(8-7-9)17-14-12(19-2)11(16)13(21-14)15(18)20-3/h9-10,17H,4-8,16H2,1-3H3. The van der Waals surface area contributed by atoms with Crippen LogP contribution in [0.25, 0.3) is 0 Å². The van der Waals surface area contributed by atoms with Gasteiger partial charge in [-0.2, -0.15) is 0 Å². The smallest absolute Gasteiger partial charge is 0.350 e. The van der Waals surface area contributed by atoms with E-state index in [9.17, 15) is 4.79 Å². The van der Waals surface area contributed by atoms with Crippen molar-refractivity contribution in [1.29, 1.82) is 0 Å². The van der Waals surface area contributed by atoms with Gasteiger partial charge in [-0.3, -0.25) is 0 Å². The van der Waals surface area contributed by atoms with Crippen molar-refractivity contribution in [2.24, 2.45) is 5.92 Å². The Hall–Kier alpha value is -1.43. The van der Waals surface area contributed by atoms with Crippen LogP contribution >= 0.6 is 11.3 Å². The monoisotopic (exact) mass is 312 g/mol. The summed E-state index contributed by atoms with van der Waals surface area (Å²) in [6, 6.07) is 0.410. The quantitative estimate of drug-likeness (QED) is 0.657. The number of esters is 1. The Kier molecular flexibility index (Phi) is 5.33. The van der Waals surface area contributed by atoms with Gasteiger partial charge in [-0.1, -0.05) is 19.8 Å². The van der Waals surface area contributed by atoms with E-state index in [1.165, 1.54) is 37.7 Å². The first-order valence-electron chi connectivity index (χ1n) is 7.37. The molecule has 1 aromatic rings. The number of methoxy groups -OCH3 is 2. The van der Waals surface area contributed by atoms with E-state index in [0.717, 1.165) is 23.8 Å². The lowest BCUT2D eigenvalue weighted by molar-refractivity contribution is 0.0607. The summed E-state index contributed by atoms with van der Waals surface area (Å²) >= 11 is 1.31. The van der Waals surface area contributed by atoms with Crippen LogP contribution in [-0.4, -0.2) is 26.2 Å². The van der Waals surface area contributed by atoms with Gasteiger partial charge >= 0.3 is 5.97 Å². The van der Waals surface area contributed by atoms with E-state index < -0.39 is 5.97 Å². The van der Waals surface area contributed by atoms with E-state index in [1.54, 1.807) is 7.11 Å². The number of anilines is 2. The van der Waals surface area contributed by atoms with Gasteiger partial charge in [0.25, 0.3) is 0 Å². The van der Waals surface area contributed by atoms with Crippen molar-refractivity contribution in [1.82, 2.24) is 0 Å². The Labute approximate surface area is 129 Å². The highest BCUT2D eigenvalue weighted by Gasteiger charge is 2.24. The van der Waals surface area contributed by atoms with Crippen molar-refractivity contribution in [2.45, 2.75) is 45.1 Å². The minimum atomic E-state index is -0.418. The first-order chi connectivity index (χ1) is 10.1. The van der Waals surface area contributed by atoms with Gasteiger partial charge < -0.3 is 20.5 Å². The topological polar surface area (TPSA) is 73.6 Å². The SMILES string of the molecule is COC(=O)c1sc(NC2CCCC(C)CC2)c(OC)c1N. The predicted octanol–water partition coefficient (Wildman–Crippen LogP) is 3.51. The van der Waals surface area contributed by atoms with Gasteiger partial charge in [0.2, 0.25) is 0 Å². The first-order valence-corrected chi connectivity index (χ1v) is 8.19. The highest BCUT2D eigenvalue weighted by atomic mass is 32.1. The number of rotatable bonds is 4. The lowest BCUT2D eigenvalue weighted by atomic mass is 10.0. The molecule has 3 N–H and O–H groups in total. The van der Waals surface area contributed by atoms with Gasteiger partial charge in [0.05, 0.1) is 14.2 Å². The molecule has 0 spiro atoms. The number of carbonyl (C=O) groups is 1. The highest BCUT2D eigenvalue weighted by molar-refractivity contribution is 7.19. The lowest BCUT2D eigenvalue weighted by Gasteiger charge is -2.17. The Morgan fingerprint density at radius 3 is 2.71 bits per heavy atom. The van der Waals surface area contributed by atoms with Crippen LogP contribution in [0.1, 0.15) is 48.7 Å². The van der Waals surface area contributed by atoms with Crippen LogP contribution in [-0.2, 0) is 4.74 Å². The zero-order valence-electron chi connectivity index (χ0n) is 12.9. The zero-order valence-corrected chi connectivity index (χ0v) is 13.7. The molecule has 0 aliphatic heterocycles. The largest absolute Gasteiger partial charge is 0.492 e. The summed E-state index contributed by atoms with van der Waals surface area (Å²) < 4.78 is 10.1. The van der Waals surface area contributed by atoms with Crippen LogP contribution in [0, 0.1) is 5.92 Å². The molecule has 2 rings (SSSR count). The molecule has 0 saturated heterocycles. The van der Waals surface area contributed by atoms with E-state index in [4.69, 9.17) is 15.2 Å². The summed E-state index contributed by atoms with van der Waals surface area (Å²) in [7, 11) is 2.92. The number of hydrogen-bond donors (Lipinski definition) is 2. The van der Waals surface area contributed by atoms with E-state index in [-0.39, 0.29) is 0 Å². The number of nitrogen functional groups attached to an aromatic ring is 1. The minimum Gasteiger partial charge on any atom is -0.492 e. The molecule has 2 unspecified atom stereocenters. The minimum absolute atomic E-state index is 0.360. The van der Waals surface area contributed by atoms with Gasteiger partial charge in [0.1, 0.15) is 15.6 Å². The van der Waals surface area contributed by atoms with Crippen LogP contribution in [0.4, 0.5) is 10.7 Å². The molecule has 1 aliphatic carbocycles. The molecule has 118 valence electrons. The fraction of sp³-hybridized carbons (Fsp3) is 0.667.